The van der Waals surface area contributed by atoms with Gasteiger partial charge in [0, 0.05) is 15.3 Å². The molecule has 5 heteroatoms. The highest BCUT2D eigenvalue weighted by atomic mass is 35.5. The molecular formula is C17H18Cl2N2S. The van der Waals surface area contributed by atoms with Crippen molar-refractivity contribution in [3.63, 3.8) is 0 Å². The quantitative estimate of drug-likeness (QED) is 0.573. The van der Waals surface area contributed by atoms with E-state index in [0.717, 1.165) is 25.8 Å². The maximum absolute atomic E-state index is 6.05. The monoisotopic (exact) mass is 352 g/mol. The van der Waals surface area contributed by atoms with Gasteiger partial charge in [-0.1, -0.05) is 41.0 Å². The summed E-state index contributed by atoms with van der Waals surface area (Å²) < 4.78 is 0. The zero-order chi connectivity index (χ0) is 16.3. The number of hydrogen-bond donors (Lipinski definition) is 1. The van der Waals surface area contributed by atoms with Crippen molar-refractivity contribution in [2.24, 2.45) is 0 Å². The van der Waals surface area contributed by atoms with Crippen LogP contribution in [0.15, 0.2) is 47.5 Å². The number of nitrogens with one attached hydrogen (secondary N) is 1. The predicted octanol–water partition coefficient (Wildman–Crippen LogP) is 5.52. The highest BCUT2D eigenvalue weighted by Gasteiger charge is 2.01. The third-order valence-corrected chi connectivity index (χ3v) is 5.10. The molecule has 0 fully saturated rings. The molecule has 0 saturated heterocycles. The molecule has 0 aliphatic heterocycles. The van der Waals surface area contributed by atoms with Crippen LogP contribution in [0.4, 0.5) is 0 Å². The molecule has 2 aromatic carbocycles. The molecule has 0 atom stereocenters. The Morgan fingerprint density at radius 3 is 2.45 bits per heavy atom. The minimum atomic E-state index is -1.18. The Morgan fingerprint density at radius 1 is 1.09 bits per heavy atom. The van der Waals surface area contributed by atoms with Crippen LogP contribution in [0, 0.1) is 6.92 Å². The van der Waals surface area contributed by atoms with Gasteiger partial charge in [-0.15, -0.1) is 0 Å². The standard InChI is InChI=1S/C10H13ClS.C7H5ClN2/c1-8-5-6-10(9(11)7-8)12(2,3)4;8-6-2-1-5-4-9-10-7(5)3-6/h5-7H,2-3H2,1,4H3;1-4H,(H,9,10). The van der Waals surface area contributed by atoms with Gasteiger partial charge in [-0.3, -0.25) is 5.10 Å². The van der Waals surface area contributed by atoms with Crippen LogP contribution < -0.4 is 0 Å². The van der Waals surface area contributed by atoms with Gasteiger partial charge in [-0.05, 0) is 49.1 Å². The Labute approximate surface area is 141 Å². The Hall–Kier alpha value is -1.42. The number of nitrogens with zero attached hydrogens (tertiary/aromatic N) is 1. The minimum Gasteiger partial charge on any atom is -0.278 e. The molecular weight excluding hydrogens is 335 g/mol. The molecule has 0 saturated carbocycles. The number of hydrogen-bond acceptors (Lipinski definition) is 1. The number of fused-ring (bicyclic) bond motifs is 1. The van der Waals surface area contributed by atoms with E-state index in [9.17, 15) is 0 Å². The summed E-state index contributed by atoms with van der Waals surface area (Å²) in [4.78, 5) is 1.08. The van der Waals surface area contributed by atoms with E-state index in [2.05, 4.69) is 21.9 Å². The fourth-order valence-corrected chi connectivity index (χ4v) is 3.81. The number of halogens is 2. The highest BCUT2D eigenvalue weighted by Crippen LogP contribution is 2.34. The normalized spacial score (nSPS) is 11.1. The van der Waals surface area contributed by atoms with E-state index >= 15 is 0 Å². The average Bonchev–Trinajstić information content (AvgIpc) is 2.84. The molecule has 0 spiro atoms. The van der Waals surface area contributed by atoms with Crippen LogP contribution in [0.5, 0.6) is 0 Å². The highest BCUT2D eigenvalue weighted by molar-refractivity contribution is 8.27. The fourth-order valence-electron chi connectivity index (χ4n) is 1.91. The van der Waals surface area contributed by atoms with Crippen LogP contribution >= 0.6 is 32.4 Å². The van der Waals surface area contributed by atoms with Crippen molar-refractivity contribution in [3.8, 4) is 0 Å². The summed E-state index contributed by atoms with van der Waals surface area (Å²) in [5.41, 5.74) is 2.15. The number of aryl methyl sites for hydroxylation is 1. The van der Waals surface area contributed by atoms with Crippen LogP contribution in [-0.2, 0) is 0 Å². The van der Waals surface area contributed by atoms with Crippen LogP contribution in [0.1, 0.15) is 5.56 Å². The molecule has 2 nitrogen and oxygen atoms in total. The third-order valence-electron chi connectivity index (χ3n) is 3.02. The number of H-pyrrole nitrogens is 1. The lowest BCUT2D eigenvalue weighted by molar-refractivity contribution is 1.12. The Balaban J connectivity index is 0.000000162. The van der Waals surface area contributed by atoms with Crippen molar-refractivity contribution < 1.29 is 0 Å². The number of rotatable bonds is 1. The topological polar surface area (TPSA) is 28.7 Å². The van der Waals surface area contributed by atoms with Crippen molar-refractivity contribution in [1.82, 2.24) is 10.2 Å². The van der Waals surface area contributed by atoms with Crippen molar-refractivity contribution in [2.75, 3.05) is 6.26 Å². The second kappa shape index (κ2) is 6.78. The minimum absolute atomic E-state index is 0.733. The maximum Gasteiger partial charge on any atom is 0.0665 e. The summed E-state index contributed by atoms with van der Waals surface area (Å²) in [7, 11) is -1.18. The van der Waals surface area contributed by atoms with E-state index in [0.29, 0.717) is 0 Å². The molecule has 22 heavy (non-hydrogen) atoms. The van der Waals surface area contributed by atoms with Crippen LogP contribution in [0.25, 0.3) is 10.9 Å². The van der Waals surface area contributed by atoms with Crippen LogP contribution in [0.2, 0.25) is 10.0 Å². The molecule has 0 amide bonds. The summed E-state index contributed by atoms with van der Waals surface area (Å²) in [6, 6.07) is 11.7. The summed E-state index contributed by atoms with van der Waals surface area (Å²) in [5, 5.41) is 9.29. The molecule has 0 unspecified atom stereocenters. The van der Waals surface area contributed by atoms with Crippen molar-refractivity contribution in [1.29, 1.82) is 0 Å². The lowest BCUT2D eigenvalue weighted by atomic mass is 10.2. The maximum atomic E-state index is 6.05. The van der Waals surface area contributed by atoms with Gasteiger partial charge in [0.05, 0.1) is 16.7 Å². The summed E-state index contributed by atoms with van der Waals surface area (Å²) in [5.74, 6) is 8.04. The van der Waals surface area contributed by atoms with Crippen molar-refractivity contribution >= 4 is 55.1 Å². The molecule has 0 aliphatic carbocycles. The zero-order valence-electron chi connectivity index (χ0n) is 12.6. The van der Waals surface area contributed by atoms with E-state index in [1.165, 1.54) is 5.56 Å². The van der Waals surface area contributed by atoms with Crippen LogP contribution in [-0.4, -0.2) is 28.2 Å². The molecule has 1 aromatic heterocycles. The largest absolute Gasteiger partial charge is 0.278 e. The van der Waals surface area contributed by atoms with Gasteiger partial charge < -0.3 is 0 Å². The number of benzene rings is 2. The molecule has 3 rings (SSSR count). The second-order valence-electron chi connectivity index (χ2n) is 5.31. The lowest BCUT2D eigenvalue weighted by Crippen LogP contribution is -1.81. The number of aromatic amines is 1. The molecule has 1 N–H and O–H groups in total. The van der Waals surface area contributed by atoms with Gasteiger partial charge in [0.2, 0.25) is 0 Å². The molecule has 1 heterocycles. The first-order chi connectivity index (χ1) is 10.3. The van der Waals surface area contributed by atoms with E-state index in [-0.39, 0.29) is 0 Å². The Morgan fingerprint density at radius 2 is 1.82 bits per heavy atom. The number of aromatic nitrogens is 2. The molecule has 0 radical (unpaired) electrons. The smallest absolute Gasteiger partial charge is 0.0665 e. The van der Waals surface area contributed by atoms with E-state index in [4.69, 9.17) is 23.2 Å². The first-order valence-corrected chi connectivity index (χ1v) is 9.70. The van der Waals surface area contributed by atoms with Gasteiger partial charge in [-0.2, -0.15) is 14.3 Å². The SMILES string of the molecule is C=S(=C)(C)c1ccc(C)cc1Cl.Clc1ccc2cn[nH]c2c1. The fraction of sp³-hybridized carbons (Fsp3) is 0.118. The lowest BCUT2D eigenvalue weighted by Gasteiger charge is -2.10. The third kappa shape index (κ3) is 4.29. The van der Waals surface area contributed by atoms with E-state index in [1.54, 1.807) is 6.20 Å². The molecule has 116 valence electrons. The van der Waals surface area contributed by atoms with Gasteiger partial charge in [0.15, 0.2) is 0 Å². The summed E-state index contributed by atoms with van der Waals surface area (Å²) in [6.07, 6.45) is 3.80. The van der Waals surface area contributed by atoms with Crippen LogP contribution in [0.3, 0.4) is 0 Å². The summed E-state index contributed by atoms with van der Waals surface area (Å²) >= 11 is 11.8. The van der Waals surface area contributed by atoms with Crippen molar-refractivity contribution in [2.45, 2.75) is 11.8 Å². The summed E-state index contributed by atoms with van der Waals surface area (Å²) in [6.45, 7) is 2.02. The Bertz CT molecular complexity index is 896. The predicted molar refractivity (Wildman–Crippen MR) is 103 cm³/mol. The van der Waals surface area contributed by atoms with Crippen molar-refractivity contribution in [3.05, 3.63) is 58.2 Å². The molecule has 0 bridgehead atoms. The zero-order valence-corrected chi connectivity index (χ0v) is 14.9. The van der Waals surface area contributed by atoms with Gasteiger partial charge >= 0.3 is 0 Å². The average molecular weight is 353 g/mol. The first kappa shape index (κ1) is 16.9. The second-order valence-corrected chi connectivity index (χ2v) is 9.14. The first-order valence-electron chi connectivity index (χ1n) is 6.56. The van der Waals surface area contributed by atoms with E-state index < -0.39 is 9.21 Å². The van der Waals surface area contributed by atoms with Gasteiger partial charge in [0.25, 0.3) is 0 Å². The Kier molecular flexibility index (Phi) is 5.22. The molecule has 0 aliphatic rings. The van der Waals surface area contributed by atoms with Gasteiger partial charge in [-0.25, -0.2) is 0 Å². The molecule has 3 aromatic rings. The van der Waals surface area contributed by atoms with Gasteiger partial charge in [0.1, 0.15) is 0 Å². The van der Waals surface area contributed by atoms with E-state index in [1.807, 2.05) is 49.6 Å².